The molecule has 1 N–H and O–H groups in total. The molecule has 0 spiro atoms. The van der Waals surface area contributed by atoms with E-state index in [9.17, 15) is 18.0 Å². The summed E-state index contributed by atoms with van der Waals surface area (Å²) >= 11 is 0. The third-order valence-electron chi connectivity index (χ3n) is 6.33. The van der Waals surface area contributed by atoms with Gasteiger partial charge in [0.25, 0.3) is 5.91 Å². The van der Waals surface area contributed by atoms with Crippen molar-refractivity contribution in [3.05, 3.63) is 65.7 Å². The molecule has 3 rings (SSSR count). The fourth-order valence-electron chi connectivity index (χ4n) is 4.00. The van der Waals surface area contributed by atoms with Gasteiger partial charge in [-0.15, -0.1) is 0 Å². The molecule has 9 nitrogen and oxygen atoms in total. The number of carbonyl (C=O) groups excluding carboxylic acids is 2. The fraction of sp³-hybridized carbons (Fsp3) is 0.467. The van der Waals surface area contributed by atoms with Crippen molar-refractivity contribution in [2.24, 2.45) is 5.92 Å². The highest BCUT2D eigenvalue weighted by atomic mass is 32.2. The highest BCUT2D eigenvalue weighted by Gasteiger charge is 2.43. The second-order valence-corrected chi connectivity index (χ2v) is 19.9. The number of anilines is 1. The molecule has 1 fully saturated rings. The van der Waals surface area contributed by atoms with Crippen molar-refractivity contribution in [3.63, 3.8) is 0 Å². The van der Waals surface area contributed by atoms with Gasteiger partial charge < -0.3 is 14.8 Å². The predicted octanol–water partition coefficient (Wildman–Crippen LogP) is 5.67. The largest absolute Gasteiger partial charge is 0.487 e. The number of hydrogen-bond acceptors (Lipinski definition) is 6. The normalized spacial score (nSPS) is 15.6. The molecule has 0 atom stereocenters. The van der Waals surface area contributed by atoms with E-state index in [0.717, 1.165) is 19.7 Å². The molecule has 0 bridgehead atoms. The average molecular weight is 602 g/mol. The lowest BCUT2D eigenvalue weighted by molar-refractivity contribution is -0.123. The van der Waals surface area contributed by atoms with Crippen LogP contribution >= 0.6 is 0 Å². The third-order valence-corrected chi connectivity index (χ3v) is 9.88. The molecule has 2 aromatic carbocycles. The first-order chi connectivity index (χ1) is 19.1. The highest BCUT2D eigenvalue weighted by Crippen LogP contribution is 2.36. The van der Waals surface area contributed by atoms with Gasteiger partial charge in [-0.05, 0) is 49.1 Å². The van der Waals surface area contributed by atoms with Crippen molar-refractivity contribution >= 4 is 42.0 Å². The van der Waals surface area contributed by atoms with Crippen LogP contribution in [-0.2, 0) is 26.3 Å². The van der Waals surface area contributed by atoms with E-state index in [0.29, 0.717) is 24.1 Å². The van der Waals surface area contributed by atoms with Crippen LogP contribution in [0.1, 0.15) is 38.8 Å². The smallest absolute Gasteiger partial charge is 0.407 e. The van der Waals surface area contributed by atoms with Crippen molar-refractivity contribution in [2.45, 2.75) is 65.5 Å². The summed E-state index contributed by atoms with van der Waals surface area (Å²) in [6, 6.07) is 15.4. The molecule has 2 amide bonds. The number of alkyl carbamates (subject to hydrolysis) is 1. The zero-order valence-corrected chi connectivity index (χ0v) is 27.0. The molecule has 224 valence electrons. The number of hydrogen-bond donors (Lipinski definition) is 1. The molecule has 0 aromatic heterocycles. The molecule has 41 heavy (non-hydrogen) atoms. The summed E-state index contributed by atoms with van der Waals surface area (Å²) in [5, 5.41) is 2.84. The molecular formula is C30H43N3O6SSi. The molecule has 0 radical (unpaired) electrons. The average Bonchev–Trinajstić information content (AvgIpc) is 3.11. The van der Waals surface area contributed by atoms with Crippen LogP contribution in [0.2, 0.25) is 25.7 Å². The van der Waals surface area contributed by atoms with E-state index in [1.165, 1.54) is 0 Å². The molecular weight excluding hydrogens is 558 g/mol. The number of carbonyl (C=O) groups is 2. The molecule has 0 saturated carbocycles. The van der Waals surface area contributed by atoms with Crippen LogP contribution in [0, 0.1) is 5.92 Å². The Morgan fingerprint density at radius 3 is 2.44 bits per heavy atom. The summed E-state index contributed by atoms with van der Waals surface area (Å²) in [6.07, 6.45) is 3.15. The van der Waals surface area contributed by atoms with Gasteiger partial charge in [-0.2, -0.15) is 8.42 Å². The fourth-order valence-corrected chi connectivity index (χ4v) is 6.60. The Morgan fingerprint density at radius 2 is 1.80 bits per heavy atom. The summed E-state index contributed by atoms with van der Waals surface area (Å²) in [6.45, 7) is 14.5. The summed E-state index contributed by atoms with van der Waals surface area (Å²) in [5.74, 6) is 0.120. The molecule has 2 aromatic rings. The minimum absolute atomic E-state index is 0.177. The van der Waals surface area contributed by atoms with Crippen LogP contribution in [-0.4, -0.2) is 58.0 Å². The SMILES string of the molecule is CC(C)COC(=O)NC(C)(C)/C=C/c1ccc(N2CC(=O)N(CC[Si](C)(C)C)S2(=O)=O)c(OCc2ccccc2)c1. The Morgan fingerprint density at radius 1 is 1.12 bits per heavy atom. The van der Waals surface area contributed by atoms with Gasteiger partial charge >= 0.3 is 16.3 Å². The van der Waals surface area contributed by atoms with E-state index in [4.69, 9.17) is 9.47 Å². The second kappa shape index (κ2) is 13.1. The molecule has 0 aliphatic carbocycles. The van der Waals surface area contributed by atoms with Crippen LogP contribution in [0.3, 0.4) is 0 Å². The van der Waals surface area contributed by atoms with Gasteiger partial charge in [0.05, 0.1) is 17.8 Å². The Kier molecular flexibility index (Phi) is 10.3. The van der Waals surface area contributed by atoms with E-state index in [1.54, 1.807) is 18.2 Å². The zero-order valence-electron chi connectivity index (χ0n) is 25.1. The van der Waals surface area contributed by atoms with Gasteiger partial charge in [0.2, 0.25) is 0 Å². The van der Waals surface area contributed by atoms with E-state index in [-0.39, 0.29) is 25.6 Å². The van der Waals surface area contributed by atoms with Crippen molar-refractivity contribution < 1.29 is 27.5 Å². The Balaban J connectivity index is 1.88. The molecule has 1 aliphatic rings. The van der Waals surface area contributed by atoms with Crippen LogP contribution in [0.25, 0.3) is 6.08 Å². The summed E-state index contributed by atoms with van der Waals surface area (Å²) in [4.78, 5) is 25.0. The van der Waals surface area contributed by atoms with E-state index >= 15 is 0 Å². The van der Waals surface area contributed by atoms with Gasteiger partial charge in [0.1, 0.15) is 18.9 Å². The van der Waals surface area contributed by atoms with Crippen LogP contribution in [0.15, 0.2) is 54.6 Å². The Bertz CT molecular complexity index is 1350. The predicted molar refractivity (Wildman–Crippen MR) is 166 cm³/mol. The first-order valence-corrected chi connectivity index (χ1v) is 19.0. The van der Waals surface area contributed by atoms with E-state index in [2.05, 4.69) is 25.0 Å². The maximum atomic E-state index is 13.5. The monoisotopic (exact) mass is 601 g/mol. The highest BCUT2D eigenvalue weighted by molar-refractivity contribution is 7.91. The minimum atomic E-state index is -4.05. The topological polar surface area (TPSA) is 105 Å². The molecule has 1 heterocycles. The van der Waals surface area contributed by atoms with Crippen molar-refractivity contribution in [1.29, 1.82) is 0 Å². The maximum absolute atomic E-state index is 13.5. The standard InChI is InChI=1S/C30H43N3O6SSi/c1-23(2)21-39-29(35)31-30(3,4)16-15-24-13-14-26(27(19-24)38-22-25-11-9-8-10-12-25)33-20-28(34)32(40(33,36)37)17-18-41(5,6)7/h8-16,19,23H,17-18,20-22H2,1-7H3,(H,31,35)/b16-15+. The second-order valence-electron chi connectivity index (χ2n) is 12.5. The number of ether oxygens (including phenoxy) is 2. The number of rotatable bonds is 12. The lowest BCUT2D eigenvalue weighted by Crippen LogP contribution is -2.42. The van der Waals surface area contributed by atoms with E-state index < -0.39 is 35.8 Å². The number of nitrogens with zero attached hydrogens (tertiary/aromatic N) is 2. The van der Waals surface area contributed by atoms with Gasteiger partial charge in [0.15, 0.2) is 0 Å². The lowest BCUT2D eigenvalue weighted by Gasteiger charge is -2.24. The summed E-state index contributed by atoms with van der Waals surface area (Å²) in [7, 11) is -5.63. The van der Waals surface area contributed by atoms with Crippen molar-refractivity contribution in [2.75, 3.05) is 24.0 Å². The van der Waals surface area contributed by atoms with Crippen LogP contribution in [0.5, 0.6) is 5.75 Å². The Labute approximate surface area is 245 Å². The number of nitrogens with one attached hydrogen (secondary N) is 1. The van der Waals surface area contributed by atoms with Crippen LogP contribution < -0.4 is 14.4 Å². The van der Waals surface area contributed by atoms with Crippen LogP contribution in [0.4, 0.5) is 10.5 Å². The first-order valence-electron chi connectivity index (χ1n) is 13.9. The lowest BCUT2D eigenvalue weighted by atomic mass is 10.0. The van der Waals surface area contributed by atoms with Gasteiger partial charge in [-0.1, -0.05) is 82.0 Å². The zero-order chi connectivity index (χ0) is 30.4. The van der Waals surface area contributed by atoms with Crippen molar-refractivity contribution in [3.8, 4) is 5.75 Å². The first kappa shape index (κ1) is 32.2. The van der Waals surface area contributed by atoms with Gasteiger partial charge in [0, 0.05) is 14.6 Å². The summed E-state index contributed by atoms with van der Waals surface area (Å²) in [5.41, 5.74) is 1.25. The quantitative estimate of drug-likeness (QED) is 0.314. The Hall–Kier alpha value is -3.31. The maximum Gasteiger partial charge on any atom is 0.407 e. The van der Waals surface area contributed by atoms with Gasteiger partial charge in [-0.3, -0.25) is 4.79 Å². The molecule has 1 saturated heterocycles. The summed E-state index contributed by atoms with van der Waals surface area (Å²) < 4.78 is 40.5. The number of amides is 2. The third kappa shape index (κ3) is 9.36. The minimum Gasteiger partial charge on any atom is -0.487 e. The molecule has 0 unspecified atom stereocenters. The molecule has 11 heteroatoms. The molecule has 1 aliphatic heterocycles. The van der Waals surface area contributed by atoms with E-state index in [1.807, 2.05) is 70.2 Å². The van der Waals surface area contributed by atoms with Crippen molar-refractivity contribution in [1.82, 2.24) is 9.62 Å². The number of benzene rings is 2. The van der Waals surface area contributed by atoms with Gasteiger partial charge in [-0.25, -0.2) is 13.4 Å².